The zero-order valence-electron chi connectivity index (χ0n) is 37.2. The van der Waals surface area contributed by atoms with E-state index in [0.717, 1.165) is 0 Å². The normalized spacial score (nSPS) is 46.3. The average molecular weight is 817 g/mol. The average Bonchev–Trinajstić information content (AvgIpc) is 3.12. The second-order valence-electron chi connectivity index (χ2n) is 18.2. The van der Waals surface area contributed by atoms with Crippen LogP contribution in [0.1, 0.15) is 102 Å². The highest BCUT2D eigenvalue weighted by Gasteiger charge is 2.53. The summed E-state index contributed by atoms with van der Waals surface area (Å²) in [5, 5.41) is 47.1. The van der Waals surface area contributed by atoms with Crippen LogP contribution < -0.4 is 0 Å². The van der Waals surface area contributed by atoms with Gasteiger partial charge in [-0.3, -0.25) is 9.59 Å². The Bertz CT molecular complexity index is 1330. The third-order valence-electron chi connectivity index (χ3n) is 12.7. The Morgan fingerprint density at radius 2 is 1.61 bits per heavy atom. The van der Waals surface area contributed by atoms with Crippen LogP contribution in [0.5, 0.6) is 0 Å². The molecule has 18 atom stereocenters. The molecule has 0 saturated carbocycles. The smallest absolute Gasteiger partial charge is 0.311 e. The summed E-state index contributed by atoms with van der Waals surface area (Å²) in [4.78, 5) is 30.2. The summed E-state index contributed by atoms with van der Waals surface area (Å²) >= 11 is 0. The summed E-state index contributed by atoms with van der Waals surface area (Å²) in [7, 11) is 7.20. The molecule has 0 bridgehead atoms. The van der Waals surface area contributed by atoms with Gasteiger partial charge in [0, 0.05) is 38.1 Å². The standard InChI is InChI=1S/C42H76N2O13/c1-16-31-42(11,50)35(46)28(7)44(14)22-23(2)20-40(9,49)37(57-39-34(52-18-17-24(3)45)30(43(12)13)19-25(4)53-39)26(5)33(27(6)38(48)55-31)56-32-21-41(10,51-15)36(47)29(8)54-32/h17-18,23,25-37,39,46-47,49-50H,16,19-22H2,1-15H3/b18-17+/t23-,25-,26+,27-,28-,29+,30+,31-,32+,33+,34-,35-,36+,37-,39+,40+,41-,42-/m1/s1. The minimum absolute atomic E-state index is 0.119. The van der Waals surface area contributed by atoms with Gasteiger partial charge in [-0.05, 0) is 102 Å². The number of carbonyl (C=O) groups is 2. The first-order valence-electron chi connectivity index (χ1n) is 20.7. The zero-order valence-corrected chi connectivity index (χ0v) is 37.2. The van der Waals surface area contributed by atoms with E-state index in [1.807, 2.05) is 51.7 Å². The zero-order chi connectivity index (χ0) is 43.4. The summed E-state index contributed by atoms with van der Waals surface area (Å²) < 4.78 is 44.5. The van der Waals surface area contributed by atoms with Gasteiger partial charge in [-0.15, -0.1) is 0 Å². The molecular weight excluding hydrogens is 740 g/mol. The third-order valence-corrected chi connectivity index (χ3v) is 12.7. The van der Waals surface area contributed by atoms with Gasteiger partial charge in [0.2, 0.25) is 0 Å². The van der Waals surface area contributed by atoms with Crippen LogP contribution in [0.3, 0.4) is 0 Å². The van der Waals surface area contributed by atoms with E-state index in [9.17, 15) is 30.0 Å². The predicted octanol–water partition coefficient (Wildman–Crippen LogP) is 3.03. The Kier molecular flexibility index (Phi) is 17.6. The lowest BCUT2D eigenvalue weighted by Gasteiger charge is -2.49. The Morgan fingerprint density at radius 3 is 2.18 bits per heavy atom. The molecule has 3 aliphatic rings. The molecule has 3 aliphatic heterocycles. The van der Waals surface area contributed by atoms with Crippen molar-refractivity contribution < 1.29 is 63.2 Å². The van der Waals surface area contributed by atoms with Crippen LogP contribution in [-0.4, -0.2) is 167 Å². The third kappa shape index (κ3) is 12.0. The van der Waals surface area contributed by atoms with Gasteiger partial charge in [0.25, 0.3) is 0 Å². The predicted molar refractivity (Wildman–Crippen MR) is 213 cm³/mol. The number of esters is 1. The van der Waals surface area contributed by atoms with E-state index in [0.29, 0.717) is 13.0 Å². The number of aliphatic hydroxyl groups excluding tert-OH is 2. The Labute approximate surface area is 341 Å². The fourth-order valence-electron chi connectivity index (χ4n) is 9.09. The molecule has 0 aromatic heterocycles. The van der Waals surface area contributed by atoms with Crippen LogP contribution in [0.25, 0.3) is 0 Å². The maximum Gasteiger partial charge on any atom is 0.311 e. The molecule has 0 aromatic carbocycles. The van der Waals surface area contributed by atoms with Crippen LogP contribution in [0, 0.1) is 17.8 Å². The van der Waals surface area contributed by atoms with Crippen molar-refractivity contribution in [3.05, 3.63) is 12.3 Å². The summed E-state index contributed by atoms with van der Waals surface area (Å²) in [6, 6.07) is -0.755. The quantitative estimate of drug-likeness (QED) is 0.143. The van der Waals surface area contributed by atoms with Crippen molar-refractivity contribution >= 4 is 11.8 Å². The molecule has 3 saturated heterocycles. The lowest BCUT2D eigenvalue weighted by Crippen LogP contribution is -2.60. The van der Waals surface area contributed by atoms with Crippen molar-refractivity contribution in [1.29, 1.82) is 0 Å². The van der Waals surface area contributed by atoms with Gasteiger partial charge < -0.3 is 63.4 Å². The number of rotatable bonds is 10. The van der Waals surface area contributed by atoms with Crippen LogP contribution >= 0.6 is 0 Å². The molecule has 0 spiro atoms. The van der Waals surface area contributed by atoms with E-state index in [2.05, 4.69) is 0 Å². The van der Waals surface area contributed by atoms with Gasteiger partial charge in [0.05, 0.1) is 53.8 Å². The minimum Gasteiger partial charge on any atom is -0.491 e. The number of carbonyl (C=O) groups excluding carboxylic acids is 2. The number of ether oxygens (including phenoxy) is 7. The molecule has 0 radical (unpaired) electrons. The Balaban J connectivity index is 2.23. The summed E-state index contributed by atoms with van der Waals surface area (Å²) in [5.41, 5.74) is -4.44. The maximum absolute atomic E-state index is 14.4. The molecule has 0 aliphatic carbocycles. The molecule has 3 fully saturated rings. The molecule has 0 unspecified atom stereocenters. The summed E-state index contributed by atoms with van der Waals surface area (Å²) in [6.07, 6.45) is -5.29. The van der Waals surface area contributed by atoms with Crippen molar-refractivity contribution in [1.82, 2.24) is 9.80 Å². The lowest BCUT2D eigenvalue weighted by atomic mass is 9.77. The van der Waals surface area contributed by atoms with Gasteiger partial charge in [0.15, 0.2) is 24.5 Å². The second-order valence-corrected chi connectivity index (χ2v) is 18.2. The number of hydrogen-bond donors (Lipinski definition) is 4. The minimum atomic E-state index is -1.82. The highest BCUT2D eigenvalue weighted by molar-refractivity contribution is 5.86. The monoisotopic (exact) mass is 817 g/mol. The van der Waals surface area contributed by atoms with Crippen LogP contribution in [0.15, 0.2) is 12.3 Å². The highest BCUT2D eigenvalue weighted by atomic mass is 16.7. The molecule has 3 rings (SSSR count). The molecular formula is C42H76N2O13. The van der Waals surface area contributed by atoms with E-state index in [1.54, 1.807) is 41.5 Å². The summed E-state index contributed by atoms with van der Waals surface area (Å²) in [5.74, 6) is -2.85. The van der Waals surface area contributed by atoms with Crippen molar-refractivity contribution in [3.63, 3.8) is 0 Å². The first-order valence-corrected chi connectivity index (χ1v) is 20.7. The lowest BCUT2D eigenvalue weighted by molar-refractivity contribution is -0.318. The topological polar surface area (TPSA) is 186 Å². The molecule has 0 aromatic rings. The molecule has 15 heteroatoms. The van der Waals surface area contributed by atoms with Crippen LogP contribution in [0.4, 0.5) is 0 Å². The highest BCUT2D eigenvalue weighted by Crippen LogP contribution is 2.40. The number of hydrogen-bond acceptors (Lipinski definition) is 15. The number of allylic oxidation sites excluding steroid dienone is 1. The van der Waals surface area contributed by atoms with E-state index in [1.165, 1.54) is 33.3 Å². The van der Waals surface area contributed by atoms with E-state index >= 15 is 0 Å². The second kappa shape index (κ2) is 20.2. The number of nitrogens with zero attached hydrogens (tertiary/aromatic N) is 2. The Hall–Kier alpha value is -1.76. The van der Waals surface area contributed by atoms with Crippen molar-refractivity contribution in [2.75, 3.05) is 34.8 Å². The van der Waals surface area contributed by atoms with Crippen molar-refractivity contribution in [3.8, 4) is 0 Å². The fourth-order valence-corrected chi connectivity index (χ4v) is 9.09. The van der Waals surface area contributed by atoms with Crippen LogP contribution in [-0.2, 0) is 42.7 Å². The first kappa shape index (κ1) is 49.6. The van der Waals surface area contributed by atoms with Crippen molar-refractivity contribution in [2.24, 2.45) is 17.8 Å². The fraction of sp³-hybridized carbons (Fsp3) is 0.905. The molecule has 57 heavy (non-hydrogen) atoms. The number of cyclic esters (lactones) is 1. The molecule has 0 amide bonds. The van der Waals surface area contributed by atoms with E-state index in [4.69, 9.17) is 33.2 Å². The van der Waals surface area contributed by atoms with E-state index < -0.39 is 96.0 Å². The summed E-state index contributed by atoms with van der Waals surface area (Å²) in [6.45, 7) is 19.5. The number of methoxy groups -OCH3 is 1. The van der Waals surface area contributed by atoms with E-state index in [-0.39, 0.29) is 43.1 Å². The van der Waals surface area contributed by atoms with Gasteiger partial charge in [0.1, 0.15) is 23.9 Å². The van der Waals surface area contributed by atoms with Gasteiger partial charge in [-0.2, -0.15) is 0 Å². The largest absolute Gasteiger partial charge is 0.491 e. The SMILES string of the molecule is CC[C@H]1OC(=O)[C@H](C)[C@@H](O[C@H]2C[C@@](C)(OC)[C@@H](O)[C@H](C)O2)[C@H](C)[C@@H](O[C@@H]2O[C@H](C)C[C@H](N(C)C)[C@H]2O/C=C/C(C)=O)[C@@](C)(O)C[C@@H](C)CN(C)[C@H](C)[C@@H](O)[C@]1(C)O. The Morgan fingerprint density at radius 1 is 0.982 bits per heavy atom. The number of ketones is 1. The molecule has 332 valence electrons. The number of aliphatic hydroxyl groups is 4. The van der Waals surface area contributed by atoms with Gasteiger partial charge in [-0.1, -0.05) is 20.8 Å². The van der Waals surface area contributed by atoms with Gasteiger partial charge in [-0.25, -0.2) is 0 Å². The molecule has 15 nitrogen and oxygen atoms in total. The molecule has 4 N–H and O–H groups in total. The number of likely N-dealkylation sites (N-methyl/N-ethyl adjacent to an activating group) is 2. The first-order chi connectivity index (χ1) is 26.3. The van der Waals surface area contributed by atoms with Gasteiger partial charge >= 0.3 is 5.97 Å². The maximum atomic E-state index is 14.4. The molecule has 3 heterocycles. The van der Waals surface area contributed by atoms with Crippen LogP contribution in [0.2, 0.25) is 0 Å². The van der Waals surface area contributed by atoms with Crippen molar-refractivity contribution in [2.45, 2.75) is 192 Å².